The first-order chi connectivity index (χ1) is 25.0. The van der Waals surface area contributed by atoms with Gasteiger partial charge in [0.25, 0.3) is 5.91 Å². The molecule has 6 bridgehead atoms. The Hall–Kier alpha value is -5.59. The predicted octanol–water partition coefficient (Wildman–Crippen LogP) is 6.54. The molecular formula is C33H29ClF6N8O5. The second-order valence-corrected chi connectivity index (χ2v) is 12.5. The lowest BCUT2D eigenvalue weighted by Gasteiger charge is -2.32. The average molecular weight is 767 g/mol. The van der Waals surface area contributed by atoms with E-state index in [1.165, 1.54) is 0 Å². The van der Waals surface area contributed by atoms with Crippen molar-refractivity contribution < 1.29 is 50.0 Å². The summed E-state index contributed by atoms with van der Waals surface area (Å²) in [5.74, 6) is -5.54. The lowest BCUT2D eigenvalue weighted by molar-refractivity contribution is -0.193. The van der Waals surface area contributed by atoms with Gasteiger partial charge >= 0.3 is 23.9 Å². The number of aryl methyl sites for hydroxylation is 3. The molecule has 0 saturated carbocycles. The van der Waals surface area contributed by atoms with Crippen LogP contribution in [-0.4, -0.2) is 73.8 Å². The molecule has 2 amide bonds. The van der Waals surface area contributed by atoms with Crippen molar-refractivity contribution in [1.82, 2.24) is 25.0 Å². The number of alkyl halides is 6. The number of halogens is 7. The highest BCUT2D eigenvalue weighted by atomic mass is 35.5. The van der Waals surface area contributed by atoms with Crippen LogP contribution in [0.5, 0.6) is 0 Å². The highest BCUT2D eigenvalue weighted by Gasteiger charge is 2.54. The first-order valence-electron chi connectivity index (χ1n) is 15.8. The number of hydrogen-bond donors (Lipinski definition) is 3. The molecule has 1 saturated heterocycles. The third-order valence-corrected chi connectivity index (χ3v) is 8.25. The van der Waals surface area contributed by atoms with E-state index in [0.717, 1.165) is 47.5 Å². The van der Waals surface area contributed by atoms with Crippen LogP contribution in [0, 0.1) is 12.8 Å². The van der Waals surface area contributed by atoms with E-state index in [4.69, 9.17) is 16.1 Å². The molecular weight excluding hydrogens is 738 g/mol. The second-order valence-electron chi connectivity index (χ2n) is 12.1. The fourth-order valence-corrected chi connectivity index (χ4v) is 5.66. The number of carbonyl (C=O) groups excluding carboxylic acids is 4. The number of hydrogen-bond acceptors (Lipinski definition) is 11. The molecule has 20 heteroatoms. The summed E-state index contributed by atoms with van der Waals surface area (Å²) < 4.78 is 72.0. The van der Waals surface area contributed by atoms with E-state index in [-0.39, 0.29) is 17.7 Å². The van der Waals surface area contributed by atoms with Crippen LogP contribution in [-0.2, 0) is 27.2 Å². The second kappa shape index (κ2) is 16.0. The van der Waals surface area contributed by atoms with Crippen molar-refractivity contribution in [2.45, 2.75) is 51.4 Å². The fraction of sp³-hybridized carbons (Fsp3) is 0.333. The van der Waals surface area contributed by atoms with Crippen LogP contribution in [0.1, 0.15) is 46.6 Å². The molecule has 0 aliphatic carbocycles. The lowest BCUT2D eigenvalue weighted by atomic mass is 9.94. The van der Waals surface area contributed by atoms with Gasteiger partial charge in [-0.1, -0.05) is 16.8 Å². The van der Waals surface area contributed by atoms with Crippen LogP contribution in [0.15, 0.2) is 53.4 Å². The summed E-state index contributed by atoms with van der Waals surface area (Å²) in [7, 11) is 0. The number of rotatable bonds is 5. The Labute approximate surface area is 301 Å². The molecule has 2 aliphatic heterocycles. The zero-order chi connectivity index (χ0) is 38.5. The van der Waals surface area contributed by atoms with Crippen molar-refractivity contribution in [3.05, 3.63) is 76.5 Å². The molecule has 0 radical (unpaired) electrons. The van der Waals surface area contributed by atoms with Crippen LogP contribution in [0.4, 0.5) is 55.2 Å². The maximum atomic E-state index is 13.2. The van der Waals surface area contributed by atoms with E-state index in [0.29, 0.717) is 54.2 Å². The topological polar surface area (TPSA) is 172 Å². The van der Waals surface area contributed by atoms with E-state index in [2.05, 4.69) is 36.1 Å². The summed E-state index contributed by atoms with van der Waals surface area (Å²) in [5.41, 5.74) is 4.61. The van der Waals surface area contributed by atoms with E-state index in [1.807, 2.05) is 30.5 Å². The number of nitrogens with one attached hydrogen (secondary N) is 3. The number of amides is 2. The van der Waals surface area contributed by atoms with Gasteiger partial charge in [0.15, 0.2) is 11.5 Å². The first kappa shape index (κ1) is 38.6. The van der Waals surface area contributed by atoms with E-state index < -0.39 is 23.9 Å². The molecule has 3 aromatic heterocycles. The Morgan fingerprint density at radius 1 is 0.962 bits per heavy atom. The number of likely N-dealkylation sites (tertiary alicyclic amines) is 1. The number of carbonyl (C=O) groups is 4. The SMILES string of the molecule is Cc1cc(C(=O)N2CCC[C@@H](CC(=O)Nc3ccc4cc3CCc3cncc(c3)Nc3ncc(Cl)c(n3)N4)C2)no1.O=C(C(=O)C(F)(F)F)C(F)(F)F. The monoisotopic (exact) mass is 766 g/mol. The van der Waals surface area contributed by atoms with Gasteiger partial charge in [-0.2, -0.15) is 31.3 Å². The summed E-state index contributed by atoms with van der Waals surface area (Å²) in [6, 6.07) is 9.42. The molecule has 53 heavy (non-hydrogen) atoms. The van der Waals surface area contributed by atoms with E-state index in [9.17, 15) is 45.5 Å². The maximum absolute atomic E-state index is 13.2. The van der Waals surface area contributed by atoms with Crippen molar-refractivity contribution in [1.29, 1.82) is 0 Å². The summed E-state index contributed by atoms with van der Waals surface area (Å²) in [4.78, 5) is 60.2. The highest BCUT2D eigenvalue weighted by Crippen LogP contribution is 2.30. The predicted molar refractivity (Wildman–Crippen MR) is 177 cm³/mol. The Kier molecular flexibility index (Phi) is 11.6. The Bertz CT molecular complexity index is 2000. The van der Waals surface area contributed by atoms with Crippen molar-refractivity contribution in [3.8, 4) is 0 Å². The number of ketones is 2. The zero-order valence-corrected chi connectivity index (χ0v) is 28.3. The van der Waals surface area contributed by atoms with Crippen LogP contribution in [0.2, 0.25) is 5.02 Å². The van der Waals surface area contributed by atoms with E-state index >= 15 is 0 Å². The number of benzene rings is 1. The van der Waals surface area contributed by atoms with Gasteiger partial charge in [-0.15, -0.1) is 0 Å². The maximum Gasteiger partial charge on any atom is 0.458 e. The number of nitrogens with zero attached hydrogens (tertiary/aromatic N) is 5. The molecule has 280 valence electrons. The van der Waals surface area contributed by atoms with Gasteiger partial charge in [-0.05, 0) is 73.9 Å². The van der Waals surface area contributed by atoms with Gasteiger partial charge < -0.3 is 25.4 Å². The molecule has 0 unspecified atom stereocenters. The number of aromatic nitrogens is 4. The van der Waals surface area contributed by atoms with Gasteiger partial charge in [0.2, 0.25) is 11.9 Å². The summed E-state index contributed by atoms with van der Waals surface area (Å²) >= 11 is 6.37. The third-order valence-electron chi connectivity index (χ3n) is 7.97. The summed E-state index contributed by atoms with van der Waals surface area (Å²) in [6.45, 7) is 2.91. The van der Waals surface area contributed by atoms with E-state index in [1.54, 1.807) is 30.3 Å². The Morgan fingerprint density at radius 3 is 2.38 bits per heavy atom. The van der Waals surface area contributed by atoms with Crippen molar-refractivity contribution in [2.75, 3.05) is 29.0 Å². The quantitative estimate of drug-likeness (QED) is 0.149. The molecule has 0 spiro atoms. The minimum atomic E-state index is -5.77. The van der Waals surface area contributed by atoms with Gasteiger partial charge in [0.1, 0.15) is 10.8 Å². The van der Waals surface area contributed by atoms with Crippen LogP contribution in [0.25, 0.3) is 0 Å². The molecule has 1 fully saturated rings. The Balaban J connectivity index is 0.000000390. The number of anilines is 5. The smallest absolute Gasteiger partial charge is 0.361 e. The molecule has 4 aromatic rings. The normalized spacial score (nSPS) is 15.5. The lowest BCUT2D eigenvalue weighted by Crippen LogP contribution is -2.41. The zero-order valence-electron chi connectivity index (χ0n) is 27.6. The van der Waals surface area contributed by atoms with Crippen molar-refractivity contribution >= 4 is 63.8 Å². The Morgan fingerprint density at radius 2 is 1.70 bits per heavy atom. The van der Waals surface area contributed by atoms with Gasteiger partial charge in [-0.3, -0.25) is 24.2 Å². The molecule has 1 atom stereocenters. The number of pyridine rings is 1. The molecule has 3 N–H and O–H groups in total. The average Bonchev–Trinajstić information content (AvgIpc) is 3.54. The first-order valence-corrected chi connectivity index (χ1v) is 16.2. The fourth-order valence-electron chi connectivity index (χ4n) is 5.52. The molecule has 5 heterocycles. The standard InChI is InChI=1S/C29H29ClN8O3.C4F6O2/c1-17-9-25(37-41-17)28(40)38-8-2-3-19(16-38)11-26(39)35-24-7-6-21-12-20(24)5-4-18-10-22(14-31-13-18)34-29-32-15-23(30)27(33-21)36-29;5-3(6,7)1(11)2(12)4(8,9)10/h6-7,9-10,12-15,19H,2-5,8,11,16H2,1H3,(H,35,39)(H2,32,33,34,36);/t19-;/m0./s1. The van der Waals surface area contributed by atoms with Crippen LogP contribution in [0.3, 0.4) is 0 Å². The van der Waals surface area contributed by atoms with Gasteiger partial charge in [0.05, 0.1) is 18.1 Å². The third kappa shape index (κ3) is 10.3. The van der Waals surface area contributed by atoms with Crippen molar-refractivity contribution in [2.24, 2.45) is 5.92 Å². The number of piperidine rings is 1. The molecule has 6 rings (SSSR count). The largest absolute Gasteiger partial charge is 0.458 e. The van der Waals surface area contributed by atoms with Crippen LogP contribution < -0.4 is 16.0 Å². The summed E-state index contributed by atoms with van der Waals surface area (Å²) in [6.07, 6.45) is -3.03. The van der Waals surface area contributed by atoms with Crippen molar-refractivity contribution in [3.63, 3.8) is 0 Å². The number of fused-ring (bicyclic) bond motifs is 6. The van der Waals surface area contributed by atoms with Gasteiger partial charge in [-0.25, -0.2) is 4.98 Å². The minimum absolute atomic E-state index is 0.0575. The highest BCUT2D eigenvalue weighted by molar-refractivity contribution is 6.41. The number of Topliss-reactive ketones (excluding diaryl/α,β-unsaturated/α-hetero) is 2. The van der Waals surface area contributed by atoms with Gasteiger partial charge in [0, 0.05) is 43.1 Å². The minimum Gasteiger partial charge on any atom is -0.361 e. The summed E-state index contributed by atoms with van der Waals surface area (Å²) in [5, 5.41) is 13.8. The molecule has 13 nitrogen and oxygen atoms in total. The van der Waals surface area contributed by atoms with Crippen LogP contribution >= 0.6 is 11.6 Å². The molecule has 1 aromatic carbocycles. The molecule has 2 aliphatic rings.